The third-order valence-corrected chi connectivity index (χ3v) is 6.54. The molecular formula is C14H9ClF3NO5S2. The molecule has 3 rings (SSSR count). The van der Waals surface area contributed by atoms with Crippen molar-refractivity contribution in [1.29, 1.82) is 0 Å². The molecule has 2 heterocycles. The highest BCUT2D eigenvalue weighted by molar-refractivity contribution is 7.92. The van der Waals surface area contributed by atoms with Crippen molar-refractivity contribution in [2.45, 2.75) is 16.8 Å². The maximum Gasteiger partial charge on any atom is 0.534 e. The number of fused-ring (bicyclic) bond motifs is 1. The van der Waals surface area contributed by atoms with Crippen LogP contribution in [-0.2, 0) is 26.4 Å². The van der Waals surface area contributed by atoms with Gasteiger partial charge in [-0.15, -0.1) is 0 Å². The lowest BCUT2D eigenvalue weighted by Gasteiger charge is -2.13. The molecule has 0 atom stereocenters. The standard InChI is InChI=1S/C14H9ClF3NO5S2/c15-10-3-1-2-8(6-10)11-7-9-4-5-25(20,21)12(9)13(19-11)24-26(22,23)14(16,17)18/h1-3,6-7H,4-5H2. The van der Waals surface area contributed by atoms with Crippen molar-refractivity contribution in [3.63, 3.8) is 0 Å². The lowest BCUT2D eigenvalue weighted by molar-refractivity contribution is -0.0502. The quantitative estimate of drug-likeness (QED) is 0.552. The van der Waals surface area contributed by atoms with Crippen molar-refractivity contribution >= 4 is 31.6 Å². The average molecular weight is 428 g/mol. The maximum absolute atomic E-state index is 12.6. The van der Waals surface area contributed by atoms with Crippen LogP contribution in [0.5, 0.6) is 5.88 Å². The van der Waals surface area contributed by atoms with E-state index in [2.05, 4.69) is 9.17 Å². The highest BCUT2D eigenvalue weighted by Crippen LogP contribution is 2.38. The fourth-order valence-electron chi connectivity index (χ4n) is 2.43. The first-order valence-electron chi connectivity index (χ1n) is 6.94. The van der Waals surface area contributed by atoms with Crippen molar-refractivity contribution in [1.82, 2.24) is 4.98 Å². The molecule has 6 nitrogen and oxygen atoms in total. The minimum absolute atomic E-state index is 0.00379. The molecule has 0 fully saturated rings. The normalized spacial score (nSPS) is 16.3. The van der Waals surface area contributed by atoms with Crippen LogP contribution < -0.4 is 4.18 Å². The van der Waals surface area contributed by atoms with Gasteiger partial charge in [0.15, 0.2) is 9.84 Å². The molecular weight excluding hydrogens is 419 g/mol. The van der Waals surface area contributed by atoms with Gasteiger partial charge in [-0.1, -0.05) is 23.7 Å². The summed E-state index contributed by atoms with van der Waals surface area (Å²) in [6.45, 7) is 0. The van der Waals surface area contributed by atoms with Crippen LogP contribution in [0, 0.1) is 0 Å². The molecule has 1 aromatic carbocycles. The smallest absolute Gasteiger partial charge is 0.354 e. The average Bonchev–Trinajstić information content (AvgIpc) is 2.81. The zero-order chi connectivity index (χ0) is 19.3. The van der Waals surface area contributed by atoms with Gasteiger partial charge in [-0.3, -0.25) is 0 Å². The van der Waals surface area contributed by atoms with Gasteiger partial charge in [0.2, 0.25) is 0 Å². The van der Waals surface area contributed by atoms with Crippen molar-refractivity contribution in [2.75, 3.05) is 5.75 Å². The Labute approximate surface area is 151 Å². The van der Waals surface area contributed by atoms with Crippen molar-refractivity contribution in [2.24, 2.45) is 0 Å². The van der Waals surface area contributed by atoms with E-state index in [0.717, 1.165) is 0 Å². The molecule has 26 heavy (non-hydrogen) atoms. The van der Waals surface area contributed by atoms with Gasteiger partial charge in [0, 0.05) is 10.6 Å². The van der Waals surface area contributed by atoms with E-state index in [1.54, 1.807) is 12.1 Å². The van der Waals surface area contributed by atoms with Crippen LogP contribution >= 0.6 is 11.6 Å². The number of nitrogens with zero attached hydrogens (tertiary/aromatic N) is 1. The fraction of sp³-hybridized carbons (Fsp3) is 0.214. The Morgan fingerprint density at radius 2 is 1.88 bits per heavy atom. The summed E-state index contributed by atoms with van der Waals surface area (Å²) in [5.41, 5.74) is -5.20. The summed E-state index contributed by atoms with van der Waals surface area (Å²) in [6.07, 6.45) is -0.00379. The third-order valence-electron chi connectivity index (χ3n) is 3.56. The molecule has 0 saturated carbocycles. The van der Waals surface area contributed by atoms with E-state index in [4.69, 9.17) is 11.6 Å². The number of hydrogen-bond donors (Lipinski definition) is 0. The summed E-state index contributed by atoms with van der Waals surface area (Å²) in [6, 6.07) is 7.44. The molecule has 0 radical (unpaired) electrons. The minimum atomic E-state index is -6.08. The zero-order valence-electron chi connectivity index (χ0n) is 12.6. The summed E-state index contributed by atoms with van der Waals surface area (Å²) in [5.74, 6) is -1.50. The number of aromatic nitrogens is 1. The van der Waals surface area contributed by atoms with Gasteiger partial charge in [-0.25, -0.2) is 13.4 Å². The molecule has 0 saturated heterocycles. The van der Waals surface area contributed by atoms with Gasteiger partial charge in [0.05, 0.1) is 11.4 Å². The van der Waals surface area contributed by atoms with E-state index in [9.17, 15) is 30.0 Å². The summed E-state index contributed by atoms with van der Waals surface area (Å²) < 4.78 is 88.8. The summed E-state index contributed by atoms with van der Waals surface area (Å²) in [4.78, 5) is 3.07. The lowest BCUT2D eigenvalue weighted by Crippen LogP contribution is -2.29. The SMILES string of the molecule is O=S1(=O)CCc2cc(-c3cccc(Cl)c3)nc(OS(=O)(=O)C(F)(F)F)c21. The monoisotopic (exact) mass is 427 g/mol. The summed E-state index contributed by atoms with van der Waals surface area (Å²) in [7, 11) is -10.1. The van der Waals surface area contributed by atoms with Gasteiger partial charge in [0.1, 0.15) is 4.90 Å². The van der Waals surface area contributed by atoms with Crippen LogP contribution in [0.2, 0.25) is 5.02 Å². The van der Waals surface area contributed by atoms with Crippen molar-refractivity contribution < 1.29 is 34.2 Å². The Bertz CT molecular complexity index is 1100. The second kappa shape index (κ2) is 6.10. The first-order valence-corrected chi connectivity index (χ1v) is 10.4. The molecule has 0 bridgehead atoms. The van der Waals surface area contributed by atoms with Gasteiger partial charge in [-0.2, -0.15) is 21.6 Å². The first-order chi connectivity index (χ1) is 11.9. The largest absolute Gasteiger partial charge is 0.534 e. The molecule has 2 aromatic rings. The molecule has 0 spiro atoms. The van der Waals surface area contributed by atoms with Crippen molar-refractivity contribution in [3.8, 4) is 17.1 Å². The number of hydrogen-bond acceptors (Lipinski definition) is 6. The molecule has 12 heteroatoms. The minimum Gasteiger partial charge on any atom is -0.354 e. The van der Waals surface area contributed by atoms with E-state index < -0.39 is 36.2 Å². The highest BCUT2D eigenvalue weighted by Gasteiger charge is 2.50. The van der Waals surface area contributed by atoms with E-state index >= 15 is 0 Å². The Kier molecular flexibility index (Phi) is 4.44. The van der Waals surface area contributed by atoms with Crippen LogP contribution in [0.4, 0.5) is 13.2 Å². The lowest BCUT2D eigenvalue weighted by atomic mass is 10.1. The topological polar surface area (TPSA) is 90.4 Å². The van der Waals surface area contributed by atoms with E-state index in [-0.39, 0.29) is 23.4 Å². The Hall–Kier alpha value is -1.85. The Balaban J connectivity index is 2.22. The van der Waals surface area contributed by atoms with Gasteiger partial charge in [0.25, 0.3) is 5.88 Å². The van der Waals surface area contributed by atoms with Crippen LogP contribution in [0.15, 0.2) is 35.2 Å². The molecule has 0 unspecified atom stereocenters. The predicted octanol–water partition coefficient (Wildman–Crippen LogP) is 2.96. The van der Waals surface area contributed by atoms with Gasteiger partial charge >= 0.3 is 15.6 Å². The number of benzene rings is 1. The van der Waals surface area contributed by atoms with E-state index in [0.29, 0.717) is 10.6 Å². The number of sulfone groups is 1. The van der Waals surface area contributed by atoms with E-state index in [1.807, 2.05) is 0 Å². The highest BCUT2D eigenvalue weighted by atomic mass is 35.5. The first kappa shape index (κ1) is 18.9. The molecule has 0 aliphatic carbocycles. The number of alkyl halides is 3. The number of halogens is 4. The number of rotatable bonds is 3. The molecule has 0 N–H and O–H groups in total. The van der Waals surface area contributed by atoms with Gasteiger partial charge in [-0.05, 0) is 30.2 Å². The fourth-order valence-corrected chi connectivity index (χ4v) is 4.70. The second-order valence-corrected chi connectivity index (χ2v) is 9.38. The van der Waals surface area contributed by atoms with E-state index in [1.165, 1.54) is 18.2 Å². The van der Waals surface area contributed by atoms with Gasteiger partial charge < -0.3 is 4.18 Å². The maximum atomic E-state index is 12.6. The summed E-state index contributed by atoms with van der Waals surface area (Å²) >= 11 is 5.86. The molecule has 1 aromatic heterocycles. The molecule has 0 amide bonds. The van der Waals surface area contributed by atoms with Crippen LogP contribution in [0.25, 0.3) is 11.3 Å². The molecule has 140 valence electrons. The Morgan fingerprint density at radius 3 is 2.50 bits per heavy atom. The third kappa shape index (κ3) is 3.38. The van der Waals surface area contributed by atoms with Crippen LogP contribution in [0.1, 0.15) is 5.56 Å². The van der Waals surface area contributed by atoms with Crippen molar-refractivity contribution in [3.05, 3.63) is 40.9 Å². The summed E-state index contributed by atoms with van der Waals surface area (Å²) in [5, 5.41) is 0.308. The Morgan fingerprint density at radius 1 is 1.19 bits per heavy atom. The van der Waals surface area contributed by atoms with Crippen LogP contribution in [-0.4, -0.2) is 33.1 Å². The second-order valence-electron chi connectivity index (χ2n) is 5.36. The number of aryl methyl sites for hydroxylation is 1. The molecule has 1 aliphatic heterocycles. The van der Waals surface area contributed by atoms with Crippen LogP contribution in [0.3, 0.4) is 0 Å². The predicted molar refractivity (Wildman–Crippen MR) is 86.0 cm³/mol. The molecule has 1 aliphatic rings. The zero-order valence-corrected chi connectivity index (χ0v) is 15.0. The number of pyridine rings is 1.